The van der Waals surface area contributed by atoms with E-state index in [1.165, 1.54) is 13.2 Å². The van der Waals surface area contributed by atoms with Gasteiger partial charge in [-0.1, -0.05) is 12.2 Å². The maximum Gasteiger partial charge on any atom is 0.330 e. The monoisotopic (exact) mass is 358 g/mol. The molecule has 0 atom stereocenters. The fraction of sp³-hybridized carbons (Fsp3) is 0.353. The summed E-state index contributed by atoms with van der Waals surface area (Å²) in [5.74, 6) is 0.113. The molecule has 0 fully saturated rings. The first kappa shape index (κ1) is 19.1. The Morgan fingerprint density at radius 2 is 2.04 bits per heavy atom. The quantitative estimate of drug-likeness (QED) is 0.272. The summed E-state index contributed by atoms with van der Waals surface area (Å²) in [4.78, 5) is 40.5. The Labute approximate surface area is 151 Å². The molecule has 0 radical (unpaired) electrons. The van der Waals surface area contributed by atoms with E-state index < -0.39 is 11.5 Å². The van der Waals surface area contributed by atoms with Crippen LogP contribution in [0.25, 0.3) is 0 Å². The van der Waals surface area contributed by atoms with E-state index in [2.05, 4.69) is 30.0 Å². The molecule has 0 unspecified atom stereocenters. The van der Waals surface area contributed by atoms with E-state index in [0.29, 0.717) is 11.5 Å². The molecule has 2 heterocycles. The van der Waals surface area contributed by atoms with Crippen molar-refractivity contribution in [3.8, 4) is 0 Å². The smallest absolute Gasteiger partial charge is 0.330 e. The van der Waals surface area contributed by atoms with Crippen molar-refractivity contribution in [1.82, 2.24) is 14.9 Å². The van der Waals surface area contributed by atoms with Crippen LogP contribution in [0.5, 0.6) is 0 Å². The van der Waals surface area contributed by atoms with E-state index in [4.69, 9.17) is 0 Å². The van der Waals surface area contributed by atoms with Gasteiger partial charge in [0.25, 0.3) is 5.56 Å². The number of hydrogen-bond acceptors (Lipinski definition) is 7. The summed E-state index contributed by atoms with van der Waals surface area (Å²) in [5.41, 5.74) is -0.146. The van der Waals surface area contributed by atoms with Gasteiger partial charge in [-0.25, -0.2) is 14.8 Å². The molecule has 1 aliphatic heterocycles. The van der Waals surface area contributed by atoms with Gasteiger partial charge in [0.15, 0.2) is 11.5 Å². The predicted molar refractivity (Wildman–Crippen MR) is 102 cm³/mol. The van der Waals surface area contributed by atoms with Gasteiger partial charge >= 0.3 is 5.97 Å². The summed E-state index contributed by atoms with van der Waals surface area (Å²) < 4.78 is 4.52. The average Bonchev–Trinajstić information content (AvgIpc) is 2.56. The number of carbonyl (C=O) groups is 1. The van der Waals surface area contributed by atoms with Crippen LogP contribution in [-0.2, 0) is 9.53 Å². The number of fused-ring (bicyclic) bond motifs is 1. The minimum absolute atomic E-state index is 0.185. The van der Waals surface area contributed by atoms with Gasteiger partial charge in [-0.15, -0.1) is 0 Å². The molecule has 138 valence electrons. The van der Waals surface area contributed by atoms with Crippen molar-refractivity contribution in [2.45, 2.75) is 19.4 Å². The van der Waals surface area contributed by atoms with E-state index >= 15 is 0 Å². The third-order valence-corrected chi connectivity index (χ3v) is 3.40. The molecule has 0 saturated carbocycles. The summed E-state index contributed by atoms with van der Waals surface area (Å²) in [6, 6.07) is 0. The zero-order valence-corrected chi connectivity index (χ0v) is 15.4. The Morgan fingerprint density at radius 3 is 2.69 bits per heavy atom. The van der Waals surface area contributed by atoms with Crippen LogP contribution >= 0.6 is 0 Å². The number of H-pyrrole nitrogens is 1. The molecule has 0 spiro atoms. The average molecular weight is 358 g/mol. The highest BCUT2D eigenvalue weighted by molar-refractivity contribution is 6.07. The second-order valence-electron chi connectivity index (χ2n) is 6.28. The number of hydrogen-bond donors (Lipinski definition) is 2. The molecule has 2 N–H and O–H groups in total. The normalized spacial score (nSPS) is 15.8. The number of aromatic amines is 1. The third kappa shape index (κ3) is 4.65. The molecule has 0 bridgehead atoms. The molecule has 1 aromatic heterocycles. The lowest BCUT2D eigenvalue weighted by Gasteiger charge is -2.31. The molecule has 2 rings (SSSR count). The first-order chi connectivity index (χ1) is 12.2. The lowest BCUT2D eigenvalue weighted by atomic mass is 9.95. The number of ether oxygens (including phenoxy) is 1. The van der Waals surface area contributed by atoms with Crippen molar-refractivity contribution in [3.05, 3.63) is 34.7 Å². The molecule has 9 nitrogen and oxygen atoms in total. The van der Waals surface area contributed by atoms with Crippen LogP contribution < -0.4 is 10.9 Å². The van der Waals surface area contributed by atoms with Crippen molar-refractivity contribution in [2.24, 2.45) is 9.98 Å². The number of rotatable bonds is 5. The van der Waals surface area contributed by atoms with Crippen LogP contribution in [-0.4, -0.2) is 59.6 Å². The second kappa shape index (κ2) is 7.77. The van der Waals surface area contributed by atoms with Crippen LogP contribution in [0, 0.1) is 0 Å². The third-order valence-electron chi connectivity index (χ3n) is 3.40. The lowest BCUT2D eigenvalue weighted by Crippen LogP contribution is -2.42. The molecule has 0 amide bonds. The highest BCUT2D eigenvalue weighted by Gasteiger charge is 2.30. The summed E-state index contributed by atoms with van der Waals surface area (Å²) in [6.45, 7) is 3.82. The Balaban J connectivity index is 2.36. The van der Waals surface area contributed by atoms with Gasteiger partial charge in [-0.2, -0.15) is 4.98 Å². The number of aliphatic imine (C=N–C) groups is 2. The van der Waals surface area contributed by atoms with Crippen LogP contribution in [0.4, 0.5) is 17.5 Å². The van der Waals surface area contributed by atoms with Crippen molar-refractivity contribution in [2.75, 3.05) is 26.5 Å². The van der Waals surface area contributed by atoms with Crippen molar-refractivity contribution < 1.29 is 9.53 Å². The molecule has 1 aliphatic rings. The van der Waals surface area contributed by atoms with Gasteiger partial charge in [0.05, 0.1) is 24.7 Å². The number of esters is 1. The topological polar surface area (TPSA) is 112 Å². The Kier molecular flexibility index (Phi) is 5.71. The second-order valence-corrected chi connectivity index (χ2v) is 6.28. The summed E-state index contributed by atoms with van der Waals surface area (Å²) in [6.07, 6.45) is 7.75. The van der Waals surface area contributed by atoms with Crippen molar-refractivity contribution >= 4 is 35.5 Å². The number of allylic oxidation sites excluding steroid dienone is 2. The number of nitrogens with zero attached hydrogens (tertiary/aromatic N) is 4. The van der Waals surface area contributed by atoms with Crippen molar-refractivity contribution in [1.29, 1.82) is 0 Å². The van der Waals surface area contributed by atoms with Gasteiger partial charge in [0.1, 0.15) is 0 Å². The van der Waals surface area contributed by atoms with Crippen LogP contribution in [0.1, 0.15) is 13.8 Å². The standard InChI is InChI=1S/C17H22N6O3/c1-17(2)11(8-6-7-9-12(24)26-5)19-13-14(22-17)20-16(21-15(13)25)18-10-23(3)4/h6-10H,1-5H3,(H2,20,21,22,25)/b8-6+,9-7+,18-10+. The fourth-order valence-electron chi connectivity index (χ4n) is 2.09. The fourth-order valence-corrected chi connectivity index (χ4v) is 2.09. The zero-order valence-electron chi connectivity index (χ0n) is 15.4. The first-order valence-electron chi connectivity index (χ1n) is 7.88. The molecule has 26 heavy (non-hydrogen) atoms. The molecule has 0 saturated heterocycles. The number of aromatic nitrogens is 2. The number of carbonyl (C=O) groups excluding carboxylic acids is 1. The van der Waals surface area contributed by atoms with E-state index in [1.54, 1.807) is 29.5 Å². The minimum Gasteiger partial charge on any atom is -0.466 e. The maximum absolute atomic E-state index is 12.3. The van der Waals surface area contributed by atoms with Gasteiger partial charge in [0.2, 0.25) is 5.95 Å². The molecule has 0 aromatic carbocycles. The minimum atomic E-state index is -0.564. The number of nitrogens with one attached hydrogen (secondary N) is 2. The Bertz CT molecular complexity index is 862. The summed E-state index contributed by atoms with van der Waals surface area (Å²) in [7, 11) is 4.94. The Hall–Kier alpha value is -3.23. The molecule has 1 aromatic rings. The van der Waals surface area contributed by atoms with Crippen LogP contribution in [0.3, 0.4) is 0 Å². The molecule has 9 heteroatoms. The molecular weight excluding hydrogens is 336 g/mol. The Morgan fingerprint density at radius 1 is 1.31 bits per heavy atom. The first-order valence-corrected chi connectivity index (χ1v) is 7.88. The zero-order chi connectivity index (χ0) is 19.3. The maximum atomic E-state index is 12.3. The number of anilines is 1. The predicted octanol–water partition coefficient (Wildman–Crippen LogP) is 1.55. The lowest BCUT2D eigenvalue weighted by molar-refractivity contribution is -0.134. The van der Waals surface area contributed by atoms with E-state index in [-0.39, 0.29) is 17.2 Å². The molecule has 0 aliphatic carbocycles. The van der Waals surface area contributed by atoms with Gasteiger partial charge < -0.3 is 15.0 Å². The highest BCUT2D eigenvalue weighted by Crippen LogP contribution is 2.30. The van der Waals surface area contributed by atoms with Gasteiger partial charge in [-0.05, 0) is 19.9 Å². The molecular formula is C17H22N6O3. The van der Waals surface area contributed by atoms with Crippen LogP contribution in [0.2, 0.25) is 0 Å². The van der Waals surface area contributed by atoms with Gasteiger partial charge in [0, 0.05) is 20.2 Å². The number of methoxy groups -OCH3 is 1. The van der Waals surface area contributed by atoms with E-state index in [1.807, 2.05) is 27.9 Å². The summed E-state index contributed by atoms with van der Waals surface area (Å²) in [5, 5.41) is 3.20. The summed E-state index contributed by atoms with van der Waals surface area (Å²) >= 11 is 0. The van der Waals surface area contributed by atoms with E-state index in [9.17, 15) is 9.59 Å². The van der Waals surface area contributed by atoms with Crippen molar-refractivity contribution in [3.63, 3.8) is 0 Å². The largest absolute Gasteiger partial charge is 0.466 e. The van der Waals surface area contributed by atoms with Gasteiger partial charge in [-0.3, -0.25) is 9.78 Å². The highest BCUT2D eigenvalue weighted by atomic mass is 16.5. The van der Waals surface area contributed by atoms with E-state index in [0.717, 1.165) is 0 Å². The SMILES string of the molecule is COC(=O)/C=C/C=C/C1=Nc2c(nc(/N=C/N(C)C)[nH]c2=O)NC1(C)C. The van der Waals surface area contributed by atoms with Crippen LogP contribution in [0.15, 0.2) is 39.1 Å².